The van der Waals surface area contributed by atoms with Crippen LogP contribution in [0.3, 0.4) is 0 Å². The number of aromatic nitrogens is 3. The fraction of sp³-hybridized carbons (Fsp3) is 0.0588. The Morgan fingerprint density at radius 1 is 1.08 bits per heavy atom. The molecule has 1 aromatic carbocycles. The van der Waals surface area contributed by atoms with Gasteiger partial charge in [0.2, 0.25) is 5.95 Å². The van der Waals surface area contributed by atoms with Crippen molar-refractivity contribution >= 4 is 46.6 Å². The minimum atomic E-state index is -1.02. The van der Waals surface area contributed by atoms with Gasteiger partial charge in [-0.1, -0.05) is 23.2 Å². The van der Waals surface area contributed by atoms with Crippen LogP contribution >= 0.6 is 23.2 Å². The minimum Gasteiger partial charge on any atom is -0.480 e. The Morgan fingerprint density at radius 3 is 2.54 bits per heavy atom. The zero-order valence-electron chi connectivity index (χ0n) is 13.3. The molecule has 7 nitrogen and oxygen atoms in total. The van der Waals surface area contributed by atoms with Crippen molar-refractivity contribution in [2.75, 3.05) is 17.2 Å². The molecule has 3 rings (SSSR count). The summed E-state index contributed by atoms with van der Waals surface area (Å²) in [5.41, 5.74) is 2.02. The van der Waals surface area contributed by atoms with Gasteiger partial charge in [0.05, 0.1) is 16.4 Å². The molecule has 0 atom stereocenters. The number of anilines is 3. The molecular formula is C17H13Cl2N5O2. The number of benzene rings is 1. The van der Waals surface area contributed by atoms with Gasteiger partial charge in [0, 0.05) is 29.0 Å². The SMILES string of the molecule is O=C(O)CNc1nc(Nc2ccc(Cl)cc2Cl)cc(-c2ccncc2)n1. The van der Waals surface area contributed by atoms with E-state index in [1.165, 1.54) is 0 Å². The molecule has 0 aliphatic rings. The number of aliphatic carboxylic acids is 1. The number of rotatable bonds is 6. The van der Waals surface area contributed by atoms with Crippen LogP contribution in [0.15, 0.2) is 48.8 Å². The summed E-state index contributed by atoms with van der Waals surface area (Å²) in [7, 11) is 0. The highest BCUT2D eigenvalue weighted by atomic mass is 35.5. The summed E-state index contributed by atoms with van der Waals surface area (Å²) in [6, 6.07) is 10.4. The number of carboxylic acid groups (broad SMARTS) is 1. The van der Waals surface area contributed by atoms with Crippen LogP contribution in [0.25, 0.3) is 11.3 Å². The first kappa shape index (κ1) is 17.9. The van der Waals surface area contributed by atoms with Gasteiger partial charge in [0.25, 0.3) is 0 Å². The van der Waals surface area contributed by atoms with Gasteiger partial charge in [-0.25, -0.2) is 4.98 Å². The Labute approximate surface area is 159 Å². The monoisotopic (exact) mass is 389 g/mol. The van der Waals surface area contributed by atoms with Crippen LogP contribution in [0.4, 0.5) is 17.5 Å². The molecule has 3 aromatic rings. The van der Waals surface area contributed by atoms with Crippen molar-refractivity contribution in [3.63, 3.8) is 0 Å². The Kier molecular flexibility index (Phi) is 5.50. The average molecular weight is 390 g/mol. The molecule has 0 saturated carbocycles. The van der Waals surface area contributed by atoms with Crippen molar-refractivity contribution in [3.05, 3.63) is 58.8 Å². The number of nitrogens with zero attached hydrogens (tertiary/aromatic N) is 3. The number of pyridine rings is 1. The Bertz CT molecular complexity index is 938. The Morgan fingerprint density at radius 2 is 1.85 bits per heavy atom. The van der Waals surface area contributed by atoms with Crippen LogP contribution in [0.1, 0.15) is 0 Å². The van der Waals surface area contributed by atoms with E-state index in [9.17, 15) is 4.79 Å². The summed E-state index contributed by atoms with van der Waals surface area (Å²) in [5, 5.41) is 15.6. The van der Waals surface area contributed by atoms with Gasteiger partial charge in [0.15, 0.2) is 0 Å². The molecule has 26 heavy (non-hydrogen) atoms. The number of carboxylic acids is 1. The second-order valence-corrected chi connectivity index (χ2v) is 6.04. The first-order chi connectivity index (χ1) is 12.5. The maximum Gasteiger partial charge on any atom is 0.322 e. The van der Waals surface area contributed by atoms with Crippen LogP contribution in [0.2, 0.25) is 10.0 Å². The van der Waals surface area contributed by atoms with Crippen molar-refractivity contribution < 1.29 is 9.90 Å². The van der Waals surface area contributed by atoms with Crippen molar-refractivity contribution in [1.82, 2.24) is 15.0 Å². The zero-order valence-corrected chi connectivity index (χ0v) is 14.8. The third kappa shape index (κ3) is 4.59. The quantitative estimate of drug-likeness (QED) is 0.583. The van der Waals surface area contributed by atoms with E-state index >= 15 is 0 Å². The van der Waals surface area contributed by atoms with Crippen LogP contribution < -0.4 is 10.6 Å². The Hall–Kier alpha value is -2.90. The molecule has 3 N–H and O–H groups in total. The lowest BCUT2D eigenvalue weighted by atomic mass is 10.2. The fourth-order valence-corrected chi connectivity index (χ4v) is 2.60. The maximum absolute atomic E-state index is 10.8. The first-order valence-electron chi connectivity index (χ1n) is 7.48. The summed E-state index contributed by atoms with van der Waals surface area (Å²) in [4.78, 5) is 23.4. The van der Waals surface area contributed by atoms with E-state index in [-0.39, 0.29) is 12.5 Å². The number of carbonyl (C=O) groups is 1. The topological polar surface area (TPSA) is 100 Å². The molecule has 2 heterocycles. The highest BCUT2D eigenvalue weighted by molar-refractivity contribution is 6.36. The van der Waals surface area contributed by atoms with E-state index in [0.29, 0.717) is 27.2 Å². The second-order valence-electron chi connectivity index (χ2n) is 5.19. The molecule has 0 spiro atoms. The van der Waals surface area contributed by atoms with Gasteiger partial charge in [-0.2, -0.15) is 4.98 Å². The number of hydrogen-bond acceptors (Lipinski definition) is 6. The third-order valence-electron chi connectivity index (χ3n) is 3.29. The minimum absolute atomic E-state index is 0.175. The summed E-state index contributed by atoms with van der Waals surface area (Å²) >= 11 is 12.1. The third-order valence-corrected chi connectivity index (χ3v) is 3.84. The summed E-state index contributed by atoms with van der Waals surface area (Å²) < 4.78 is 0. The molecule has 0 fully saturated rings. The first-order valence-corrected chi connectivity index (χ1v) is 8.24. The standard InChI is InChI=1S/C17H13Cl2N5O2/c18-11-1-2-13(12(19)7-11)22-15-8-14(10-3-5-20-6-4-10)23-17(24-15)21-9-16(25)26/h1-8H,9H2,(H,25,26)(H2,21,22,23,24). The van der Waals surface area contributed by atoms with E-state index in [2.05, 4.69) is 25.6 Å². The van der Waals surface area contributed by atoms with Crippen LogP contribution in [-0.4, -0.2) is 32.6 Å². The highest BCUT2D eigenvalue weighted by Gasteiger charge is 2.10. The molecule has 2 aromatic heterocycles. The molecule has 0 aliphatic carbocycles. The lowest BCUT2D eigenvalue weighted by Gasteiger charge is -2.12. The van der Waals surface area contributed by atoms with Gasteiger partial charge in [0.1, 0.15) is 12.4 Å². The van der Waals surface area contributed by atoms with E-state index in [1.54, 1.807) is 48.8 Å². The molecule has 132 valence electrons. The zero-order chi connectivity index (χ0) is 18.5. The smallest absolute Gasteiger partial charge is 0.322 e. The molecule has 0 aliphatic heterocycles. The second kappa shape index (κ2) is 7.99. The predicted octanol–water partition coefficient (Wildman–Crippen LogP) is 4.09. The largest absolute Gasteiger partial charge is 0.480 e. The van der Waals surface area contributed by atoms with E-state index in [0.717, 1.165) is 5.56 Å². The van der Waals surface area contributed by atoms with Gasteiger partial charge in [-0.05, 0) is 30.3 Å². The van der Waals surface area contributed by atoms with Crippen molar-refractivity contribution in [2.45, 2.75) is 0 Å². The number of nitrogens with one attached hydrogen (secondary N) is 2. The average Bonchev–Trinajstić information content (AvgIpc) is 2.63. The molecule has 0 radical (unpaired) electrons. The van der Waals surface area contributed by atoms with Crippen LogP contribution in [0, 0.1) is 0 Å². The maximum atomic E-state index is 10.8. The summed E-state index contributed by atoms with van der Waals surface area (Å²) in [6.07, 6.45) is 3.29. The molecule has 9 heteroatoms. The molecular weight excluding hydrogens is 377 g/mol. The van der Waals surface area contributed by atoms with E-state index in [4.69, 9.17) is 28.3 Å². The fourth-order valence-electron chi connectivity index (χ4n) is 2.14. The molecule has 0 bridgehead atoms. The van der Waals surface area contributed by atoms with E-state index < -0.39 is 5.97 Å². The lowest BCUT2D eigenvalue weighted by molar-refractivity contribution is -0.134. The van der Waals surface area contributed by atoms with Crippen molar-refractivity contribution in [1.29, 1.82) is 0 Å². The highest BCUT2D eigenvalue weighted by Crippen LogP contribution is 2.29. The summed E-state index contributed by atoms with van der Waals surface area (Å²) in [5.74, 6) is -0.392. The predicted molar refractivity (Wildman–Crippen MR) is 101 cm³/mol. The van der Waals surface area contributed by atoms with Crippen molar-refractivity contribution in [3.8, 4) is 11.3 Å². The normalized spacial score (nSPS) is 10.4. The van der Waals surface area contributed by atoms with Crippen molar-refractivity contribution in [2.24, 2.45) is 0 Å². The van der Waals surface area contributed by atoms with Crippen LogP contribution in [-0.2, 0) is 4.79 Å². The molecule has 0 unspecified atom stereocenters. The molecule has 0 amide bonds. The number of halogens is 2. The lowest BCUT2D eigenvalue weighted by Crippen LogP contribution is -2.15. The Balaban J connectivity index is 1.97. The summed E-state index contributed by atoms with van der Waals surface area (Å²) in [6.45, 7) is -0.305. The van der Waals surface area contributed by atoms with Gasteiger partial charge < -0.3 is 15.7 Å². The van der Waals surface area contributed by atoms with Gasteiger partial charge in [-0.15, -0.1) is 0 Å². The van der Waals surface area contributed by atoms with Gasteiger partial charge >= 0.3 is 5.97 Å². The van der Waals surface area contributed by atoms with E-state index in [1.807, 2.05) is 0 Å². The van der Waals surface area contributed by atoms with Gasteiger partial charge in [-0.3, -0.25) is 9.78 Å². The molecule has 0 saturated heterocycles. The van der Waals surface area contributed by atoms with Crippen LogP contribution in [0.5, 0.6) is 0 Å². The number of hydrogen-bond donors (Lipinski definition) is 3.